The third-order valence-corrected chi connectivity index (χ3v) is 4.59. The molecule has 0 aromatic heterocycles. The van der Waals surface area contributed by atoms with Crippen molar-refractivity contribution in [2.24, 2.45) is 0 Å². The molecule has 1 fully saturated rings. The average molecular weight is 263 g/mol. The van der Waals surface area contributed by atoms with E-state index in [1.165, 1.54) is 10.5 Å². The molecule has 2 aliphatic heterocycles. The summed E-state index contributed by atoms with van der Waals surface area (Å²) in [4.78, 5) is 24.6. The number of fused-ring (bicyclic) bond motifs is 2. The van der Waals surface area contributed by atoms with Crippen LogP contribution in [0.2, 0.25) is 0 Å². The maximum atomic E-state index is 11.7. The summed E-state index contributed by atoms with van der Waals surface area (Å²) in [7, 11) is 1.65. The zero-order chi connectivity index (χ0) is 12.8. The zero-order valence-electron chi connectivity index (χ0n) is 10.0. The van der Waals surface area contributed by atoms with Crippen molar-refractivity contribution in [2.75, 3.05) is 19.3 Å². The molecular formula is C13H13NO3S. The van der Waals surface area contributed by atoms with Crippen molar-refractivity contribution in [2.45, 2.75) is 11.4 Å². The van der Waals surface area contributed by atoms with Gasteiger partial charge in [0.05, 0.1) is 6.54 Å². The van der Waals surface area contributed by atoms with Crippen molar-refractivity contribution in [3.63, 3.8) is 0 Å². The molecule has 94 valence electrons. The summed E-state index contributed by atoms with van der Waals surface area (Å²) in [6, 6.07) is 7.97. The van der Waals surface area contributed by atoms with Crippen LogP contribution in [0.25, 0.3) is 0 Å². The van der Waals surface area contributed by atoms with E-state index in [-0.39, 0.29) is 0 Å². The van der Waals surface area contributed by atoms with Gasteiger partial charge in [0.2, 0.25) is 0 Å². The SMILES string of the molecule is CN1CC2(CSCc3ccccc32)OC(=O)C1=O. The first kappa shape index (κ1) is 11.6. The summed E-state index contributed by atoms with van der Waals surface area (Å²) in [5, 5.41) is 0. The predicted molar refractivity (Wildman–Crippen MR) is 68.0 cm³/mol. The number of benzene rings is 1. The fraction of sp³-hybridized carbons (Fsp3) is 0.385. The Morgan fingerprint density at radius 3 is 2.89 bits per heavy atom. The van der Waals surface area contributed by atoms with E-state index in [2.05, 4.69) is 0 Å². The van der Waals surface area contributed by atoms with Gasteiger partial charge in [-0.25, -0.2) is 4.79 Å². The van der Waals surface area contributed by atoms with E-state index in [1.54, 1.807) is 18.8 Å². The Morgan fingerprint density at radius 1 is 1.33 bits per heavy atom. The smallest absolute Gasteiger partial charge is 0.398 e. The lowest BCUT2D eigenvalue weighted by atomic mass is 9.89. The molecule has 0 aliphatic carbocycles. The maximum absolute atomic E-state index is 11.7. The molecule has 1 saturated heterocycles. The number of rotatable bonds is 0. The Hall–Kier alpha value is -1.49. The Bertz CT molecular complexity index is 531. The van der Waals surface area contributed by atoms with Gasteiger partial charge >= 0.3 is 11.9 Å². The van der Waals surface area contributed by atoms with Crippen LogP contribution in [0.3, 0.4) is 0 Å². The predicted octanol–water partition coefficient (Wildman–Crippen LogP) is 1.14. The number of morpholine rings is 1. The van der Waals surface area contributed by atoms with E-state index < -0.39 is 17.5 Å². The second-order valence-electron chi connectivity index (χ2n) is 4.69. The summed E-state index contributed by atoms with van der Waals surface area (Å²) in [6.45, 7) is 0.432. The summed E-state index contributed by atoms with van der Waals surface area (Å²) in [6.07, 6.45) is 0. The lowest BCUT2D eigenvalue weighted by Gasteiger charge is -2.43. The van der Waals surface area contributed by atoms with Crippen LogP contribution < -0.4 is 0 Å². The summed E-state index contributed by atoms with van der Waals surface area (Å²) in [5.74, 6) is 0.315. The molecule has 1 aromatic carbocycles. The maximum Gasteiger partial charge on any atom is 0.398 e. The molecule has 0 bridgehead atoms. The Kier molecular flexibility index (Phi) is 2.59. The number of hydrogen-bond donors (Lipinski definition) is 0. The second-order valence-corrected chi connectivity index (χ2v) is 5.68. The normalized spacial score (nSPS) is 27.1. The molecular weight excluding hydrogens is 250 g/mol. The van der Waals surface area contributed by atoms with Gasteiger partial charge in [-0.1, -0.05) is 24.3 Å². The van der Waals surface area contributed by atoms with Gasteiger partial charge in [0.15, 0.2) is 5.60 Å². The minimum atomic E-state index is -0.749. The number of carbonyl (C=O) groups is 2. The molecule has 2 aliphatic rings. The van der Waals surface area contributed by atoms with Crippen molar-refractivity contribution in [1.82, 2.24) is 4.90 Å². The number of nitrogens with zero attached hydrogens (tertiary/aromatic N) is 1. The number of amides is 1. The van der Waals surface area contributed by atoms with E-state index in [0.717, 1.165) is 11.3 Å². The summed E-state index contributed by atoms with van der Waals surface area (Å²) >= 11 is 1.73. The molecule has 4 nitrogen and oxygen atoms in total. The van der Waals surface area contributed by atoms with Crippen LogP contribution in [0.5, 0.6) is 0 Å². The van der Waals surface area contributed by atoms with E-state index in [4.69, 9.17) is 4.74 Å². The van der Waals surface area contributed by atoms with Gasteiger partial charge in [-0.05, 0) is 5.56 Å². The van der Waals surface area contributed by atoms with Gasteiger partial charge in [0.1, 0.15) is 0 Å². The largest absolute Gasteiger partial charge is 0.444 e. The highest BCUT2D eigenvalue weighted by molar-refractivity contribution is 7.98. The van der Waals surface area contributed by atoms with Crippen LogP contribution in [0.15, 0.2) is 24.3 Å². The Labute approximate surface area is 109 Å². The van der Waals surface area contributed by atoms with Crippen LogP contribution in [0, 0.1) is 0 Å². The Morgan fingerprint density at radius 2 is 2.11 bits per heavy atom. The van der Waals surface area contributed by atoms with Crippen molar-refractivity contribution in [3.8, 4) is 0 Å². The molecule has 1 amide bonds. The van der Waals surface area contributed by atoms with Crippen LogP contribution in [-0.4, -0.2) is 36.1 Å². The first-order chi connectivity index (χ1) is 8.62. The molecule has 1 aromatic rings. The molecule has 2 heterocycles. The topological polar surface area (TPSA) is 46.6 Å². The summed E-state index contributed by atoms with van der Waals surface area (Å²) < 4.78 is 5.47. The first-order valence-corrected chi connectivity index (χ1v) is 6.92. The third-order valence-electron chi connectivity index (χ3n) is 3.40. The van der Waals surface area contributed by atoms with E-state index in [1.807, 2.05) is 24.3 Å². The number of ether oxygens (including phenoxy) is 1. The van der Waals surface area contributed by atoms with Gasteiger partial charge in [-0.2, -0.15) is 11.8 Å². The van der Waals surface area contributed by atoms with Gasteiger partial charge in [-0.15, -0.1) is 0 Å². The van der Waals surface area contributed by atoms with Crippen LogP contribution >= 0.6 is 11.8 Å². The number of carbonyl (C=O) groups excluding carboxylic acids is 2. The van der Waals surface area contributed by atoms with Crippen molar-refractivity contribution in [1.29, 1.82) is 0 Å². The molecule has 0 N–H and O–H groups in total. The third kappa shape index (κ3) is 1.61. The summed E-state index contributed by atoms with van der Waals surface area (Å²) in [5.41, 5.74) is 1.56. The van der Waals surface area contributed by atoms with E-state index in [0.29, 0.717) is 12.3 Å². The van der Waals surface area contributed by atoms with E-state index >= 15 is 0 Å². The fourth-order valence-corrected chi connectivity index (χ4v) is 3.78. The van der Waals surface area contributed by atoms with Crippen LogP contribution in [0.1, 0.15) is 11.1 Å². The molecule has 1 unspecified atom stereocenters. The van der Waals surface area contributed by atoms with E-state index in [9.17, 15) is 9.59 Å². The molecule has 3 rings (SSSR count). The highest BCUT2D eigenvalue weighted by Crippen LogP contribution is 2.41. The highest BCUT2D eigenvalue weighted by atomic mass is 32.2. The minimum absolute atomic E-state index is 0.432. The van der Waals surface area contributed by atoms with Crippen LogP contribution in [0.4, 0.5) is 0 Å². The van der Waals surface area contributed by atoms with Crippen molar-refractivity contribution < 1.29 is 14.3 Å². The molecule has 5 heteroatoms. The lowest BCUT2D eigenvalue weighted by molar-refractivity contribution is -0.182. The van der Waals surface area contributed by atoms with Gasteiger partial charge in [0, 0.05) is 24.1 Å². The minimum Gasteiger partial charge on any atom is -0.444 e. The number of thioether (sulfide) groups is 1. The van der Waals surface area contributed by atoms with Gasteiger partial charge in [-0.3, -0.25) is 4.79 Å². The number of likely N-dealkylation sites (N-methyl/N-ethyl adjacent to an activating group) is 1. The zero-order valence-corrected chi connectivity index (χ0v) is 10.8. The fourth-order valence-electron chi connectivity index (χ4n) is 2.57. The molecule has 0 saturated carbocycles. The van der Waals surface area contributed by atoms with Crippen molar-refractivity contribution >= 4 is 23.6 Å². The second kappa shape index (κ2) is 4.02. The average Bonchev–Trinajstić information content (AvgIpc) is 2.37. The Balaban J connectivity index is 2.07. The first-order valence-electron chi connectivity index (χ1n) is 5.77. The molecule has 18 heavy (non-hydrogen) atoms. The number of esters is 1. The standard InChI is InChI=1S/C13H13NO3S/c1-14-7-13(17-12(16)11(14)15)8-18-6-9-4-2-3-5-10(9)13/h2-5H,6-8H2,1H3. The van der Waals surface area contributed by atoms with Gasteiger partial charge < -0.3 is 9.64 Å². The van der Waals surface area contributed by atoms with Crippen LogP contribution in [-0.2, 0) is 25.7 Å². The molecule has 1 spiro atoms. The highest BCUT2D eigenvalue weighted by Gasteiger charge is 2.47. The molecule has 1 atom stereocenters. The quantitative estimate of drug-likeness (QED) is 0.520. The monoisotopic (exact) mass is 263 g/mol. The number of hydrogen-bond acceptors (Lipinski definition) is 4. The van der Waals surface area contributed by atoms with Gasteiger partial charge in [0.25, 0.3) is 0 Å². The van der Waals surface area contributed by atoms with Crippen molar-refractivity contribution in [3.05, 3.63) is 35.4 Å². The lowest BCUT2D eigenvalue weighted by Crippen LogP contribution is -2.56. The molecule has 0 radical (unpaired) electrons.